The molecule has 31 heavy (non-hydrogen) atoms. The molecule has 7 heteroatoms. The number of carbonyl (C=O) groups is 1. The Balaban J connectivity index is 1.83. The molecule has 0 radical (unpaired) electrons. The number of piperazine rings is 1. The largest absolute Gasteiger partial charge is 0.369 e. The third kappa shape index (κ3) is 3.69. The van der Waals surface area contributed by atoms with E-state index in [2.05, 4.69) is 58.2 Å². The molecular formula is C24H26ClN5O. The van der Waals surface area contributed by atoms with Crippen molar-refractivity contribution in [1.29, 1.82) is 5.26 Å². The maximum atomic E-state index is 11.5. The number of nitrogens with one attached hydrogen (secondary N) is 1. The van der Waals surface area contributed by atoms with Crippen LogP contribution in [0.1, 0.15) is 31.4 Å². The molecule has 1 fully saturated rings. The van der Waals surface area contributed by atoms with Crippen LogP contribution in [0.15, 0.2) is 41.4 Å². The van der Waals surface area contributed by atoms with Crippen molar-refractivity contribution in [3.63, 3.8) is 0 Å². The minimum absolute atomic E-state index is 0.155. The van der Waals surface area contributed by atoms with Gasteiger partial charge in [0.25, 0.3) is 0 Å². The van der Waals surface area contributed by atoms with E-state index in [-0.39, 0.29) is 6.04 Å². The van der Waals surface area contributed by atoms with Crippen molar-refractivity contribution in [3.8, 4) is 6.07 Å². The Morgan fingerprint density at radius 2 is 2.13 bits per heavy atom. The number of fused-ring (bicyclic) bond motifs is 1. The first-order valence-electron chi connectivity index (χ1n) is 10.5. The van der Waals surface area contributed by atoms with Crippen LogP contribution in [0.2, 0.25) is 5.02 Å². The van der Waals surface area contributed by atoms with E-state index < -0.39 is 5.41 Å². The van der Waals surface area contributed by atoms with Crippen molar-refractivity contribution in [2.24, 2.45) is 4.99 Å². The Bertz CT molecular complexity index is 1090. The fourth-order valence-electron chi connectivity index (χ4n) is 4.60. The van der Waals surface area contributed by atoms with E-state index in [9.17, 15) is 4.79 Å². The summed E-state index contributed by atoms with van der Waals surface area (Å²) in [6.45, 7) is 8.64. The molecule has 1 N–H and O–H groups in total. The molecule has 0 aromatic heterocycles. The second-order valence-electron chi connectivity index (χ2n) is 8.56. The van der Waals surface area contributed by atoms with Gasteiger partial charge in [-0.05, 0) is 56.2 Å². The number of nitriles is 1. The number of rotatable bonds is 4. The lowest BCUT2D eigenvalue weighted by molar-refractivity contribution is -0.106. The van der Waals surface area contributed by atoms with E-state index >= 15 is 0 Å². The van der Waals surface area contributed by atoms with E-state index in [0.717, 1.165) is 47.8 Å². The Morgan fingerprint density at radius 1 is 1.32 bits per heavy atom. The van der Waals surface area contributed by atoms with Crippen LogP contribution in [-0.4, -0.2) is 37.9 Å². The SMILES string of the molecule is Cc1c(Cl)cccc1N1C(=NC=O)C(C)(C)c2ccc(N3CCNC(CC#N)C3)cc21. The van der Waals surface area contributed by atoms with Crippen molar-refractivity contribution in [1.82, 2.24) is 5.32 Å². The van der Waals surface area contributed by atoms with Gasteiger partial charge in [0.1, 0.15) is 5.84 Å². The summed E-state index contributed by atoms with van der Waals surface area (Å²) >= 11 is 6.44. The first-order chi connectivity index (χ1) is 14.9. The van der Waals surface area contributed by atoms with Crippen LogP contribution >= 0.6 is 11.6 Å². The van der Waals surface area contributed by atoms with Gasteiger partial charge >= 0.3 is 0 Å². The lowest BCUT2D eigenvalue weighted by atomic mass is 9.85. The van der Waals surface area contributed by atoms with Crippen LogP contribution in [0.3, 0.4) is 0 Å². The van der Waals surface area contributed by atoms with Crippen molar-refractivity contribution >= 4 is 40.9 Å². The molecule has 2 aliphatic rings. The van der Waals surface area contributed by atoms with Gasteiger partial charge in [-0.15, -0.1) is 0 Å². The summed E-state index contributed by atoms with van der Waals surface area (Å²) in [6.07, 6.45) is 1.10. The van der Waals surface area contributed by atoms with E-state index in [0.29, 0.717) is 23.7 Å². The van der Waals surface area contributed by atoms with Gasteiger partial charge < -0.3 is 10.2 Å². The monoisotopic (exact) mass is 435 g/mol. The van der Waals surface area contributed by atoms with Crippen LogP contribution in [0.5, 0.6) is 0 Å². The molecule has 2 aliphatic heterocycles. The molecule has 2 aromatic carbocycles. The van der Waals surface area contributed by atoms with Crippen molar-refractivity contribution in [3.05, 3.63) is 52.5 Å². The van der Waals surface area contributed by atoms with Gasteiger partial charge in [0.15, 0.2) is 0 Å². The molecule has 1 atom stereocenters. The van der Waals surface area contributed by atoms with Gasteiger partial charge in [-0.1, -0.05) is 23.7 Å². The third-order valence-electron chi connectivity index (χ3n) is 6.28. The first kappa shape index (κ1) is 21.4. The number of benzene rings is 2. The van der Waals surface area contributed by atoms with Crippen LogP contribution < -0.4 is 15.1 Å². The lowest BCUT2D eigenvalue weighted by Crippen LogP contribution is -2.50. The average Bonchev–Trinajstić information content (AvgIpc) is 2.97. The number of amides is 1. The molecule has 0 aliphatic carbocycles. The smallest absolute Gasteiger partial charge is 0.234 e. The summed E-state index contributed by atoms with van der Waals surface area (Å²) in [4.78, 5) is 20.1. The Morgan fingerprint density at radius 3 is 2.87 bits per heavy atom. The molecule has 1 amide bonds. The van der Waals surface area contributed by atoms with Crippen LogP contribution in [0.25, 0.3) is 0 Å². The predicted octanol–water partition coefficient (Wildman–Crippen LogP) is 4.32. The van der Waals surface area contributed by atoms with Crippen LogP contribution in [0, 0.1) is 18.3 Å². The topological polar surface area (TPSA) is 71.7 Å². The normalized spacial score (nSPS) is 21.1. The van der Waals surface area contributed by atoms with Crippen molar-refractivity contribution < 1.29 is 4.79 Å². The molecule has 0 bridgehead atoms. The number of anilines is 3. The van der Waals surface area contributed by atoms with Gasteiger partial charge in [-0.2, -0.15) is 5.26 Å². The highest BCUT2D eigenvalue weighted by atomic mass is 35.5. The van der Waals surface area contributed by atoms with Gasteiger partial charge in [0.05, 0.1) is 29.3 Å². The Labute approximate surface area is 188 Å². The molecule has 2 heterocycles. The zero-order valence-electron chi connectivity index (χ0n) is 18.0. The van der Waals surface area contributed by atoms with Crippen molar-refractivity contribution in [2.45, 2.75) is 38.6 Å². The first-order valence-corrected chi connectivity index (χ1v) is 10.8. The number of hydrogen-bond acceptors (Lipinski definition) is 4. The number of aliphatic imine (C=N–C) groups is 1. The lowest BCUT2D eigenvalue weighted by Gasteiger charge is -2.35. The maximum absolute atomic E-state index is 11.5. The zero-order valence-corrected chi connectivity index (χ0v) is 18.8. The minimum Gasteiger partial charge on any atom is -0.369 e. The highest BCUT2D eigenvalue weighted by Gasteiger charge is 2.43. The molecule has 2 aromatic rings. The molecular weight excluding hydrogens is 410 g/mol. The van der Waals surface area contributed by atoms with Crippen molar-refractivity contribution in [2.75, 3.05) is 29.4 Å². The summed E-state index contributed by atoms with van der Waals surface area (Å²) in [7, 11) is 0. The maximum Gasteiger partial charge on any atom is 0.234 e. The summed E-state index contributed by atoms with van der Waals surface area (Å²) in [5.41, 5.74) is 4.63. The summed E-state index contributed by atoms with van der Waals surface area (Å²) in [5, 5.41) is 13.2. The quantitative estimate of drug-likeness (QED) is 0.724. The number of carbonyl (C=O) groups excluding carboxylic acids is 1. The van der Waals surface area contributed by atoms with E-state index in [4.69, 9.17) is 16.9 Å². The zero-order chi connectivity index (χ0) is 22.2. The molecule has 0 spiro atoms. The van der Waals surface area contributed by atoms with Gasteiger partial charge in [0, 0.05) is 36.4 Å². The van der Waals surface area contributed by atoms with Gasteiger partial charge in [-0.3, -0.25) is 9.69 Å². The second-order valence-corrected chi connectivity index (χ2v) is 8.97. The Kier molecular flexibility index (Phi) is 5.74. The number of halogens is 1. The minimum atomic E-state index is -0.434. The molecule has 1 saturated heterocycles. The predicted molar refractivity (Wildman–Crippen MR) is 126 cm³/mol. The molecule has 160 valence electrons. The highest BCUT2D eigenvalue weighted by Crippen LogP contribution is 2.48. The van der Waals surface area contributed by atoms with E-state index in [1.807, 2.05) is 25.1 Å². The number of nitrogens with zero attached hydrogens (tertiary/aromatic N) is 4. The molecule has 1 unspecified atom stereocenters. The number of amidine groups is 1. The van der Waals surface area contributed by atoms with E-state index in [1.165, 1.54) is 0 Å². The summed E-state index contributed by atoms with van der Waals surface area (Å²) in [6, 6.07) is 14.6. The molecule has 6 nitrogen and oxygen atoms in total. The molecule has 4 rings (SSSR count). The molecule has 0 saturated carbocycles. The van der Waals surface area contributed by atoms with E-state index in [1.54, 1.807) is 0 Å². The van der Waals surface area contributed by atoms with Crippen LogP contribution in [-0.2, 0) is 10.2 Å². The highest BCUT2D eigenvalue weighted by molar-refractivity contribution is 6.32. The van der Waals surface area contributed by atoms with Gasteiger partial charge in [0.2, 0.25) is 6.41 Å². The third-order valence-corrected chi connectivity index (χ3v) is 6.69. The average molecular weight is 436 g/mol. The number of hydrogen-bond donors (Lipinski definition) is 1. The van der Waals surface area contributed by atoms with Crippen LogP contribution in [0.4, 0.5) is 17.1 Å². The second kappa shape index (κ2) is 8.33. The summed E-state index contributed by atoms with van der Waals surface area (Å²) < 4.78 is 0. The fourth-order valence-corrected chi connectivity index (χ4v) is 4.77. The fraction of sp³-hybridized carbons (Fsp3) is 0.375. The standard InChI is InChI=1S/C24H26ClN5O/c1-16-20(25)5-4-6-21(16)30-22-13-18(29-12-11-27-17(14-29)9-10-26)7-8-19(22)24(2,3)23(30)28-15-31/h4-8,13,15,17,27H,9,11-12,14H2,1-3H3. The van der Waals surface area contributed by atoms with Gasteiger partial charge in [-0.25, -0.2) is 4.99 Å². The Hall–Kier alpha value is -2.88. The summed E-state index contributed by atoms with van der Waals surface area (Å²) in [5.74, 6) is 0.683.